The summed E-state index contributed by atoms with van der Waals surface area (Å²) in [5.74, 6) is -0.0616. The molecule has 0 saturated heterocycles. The second-order valence-electron chi connectivity index (χ2n) is 4.64. The van der Waals surface area contributed by atoms with Gasteiger partial charge in [-0.2, -0.15) is 0 Å². The van der Waals surface area contributed by atoms with Crippen LogP contribution in [0.1, 0.15) is 12.5 Å². The number of hydrogen-bond donors (Lipinski definition) is 3. The fraction of sp³-hybridized carbons (Fsp3) is 0.0625. The quantitative estimate of drug-likeness (QED) is 0.550. The van der Waals surface area contributed by atoms with Gasteiger partial charge < -0.3 is 15.7 Å². The average molecular weight is 392 g/mol. The van der Waals surface area contributed by atoms with Gasteiger partial charge in [0.2, 0.25) is 5.91 Å². The second kappa shape index (κ2) is 7.85. The maximum Gasteiger partial charge on any atom is 0.222 e. The lowest BCUT2D eigenvalue weighted by Crippen LogP contribution is -2.32. The smallest absolute Gasteiger partial charge is 0.222 e. The first-order valence-electron chi connectivity index (χ1n) is 6.65. The minimum Gasteiger partial charge on any atom is -0.507 e. The Balaban J connectivity index is 2.05. The van der Waals surface area contributed by atoms with Crippen LogP contribution < -0.4 is 10.6 Å². The first kappa shape index (κ1) is 17.1. The number of thiocarbonyl (C=S) groups is 1. The highest BCUT2D eigenvalue weighted by Gasteiger charge is 2.01. The van der Waals surface area contributed by atoms with Crippen molar-refractivity contribution in [3.63, 3.8) is 0 Å². The van der Waals surface area contributed by atoms with Crippen molar-refractivity contribution >= 4 is 56.8 Å². The fourth-order valence-corrected chi connectivity index (χ4v) is 2.37. The molecule has 0 aliphatic carbocycles. The van der Waals surface area contributed by atoms with Crippen molar-refractivity contribution in [2.45, 2.75) is 6.92 Å². The van der Waals surface area contributed by atoms with E-state index in [1.165, 1.54) is 6.92 Å². The van der Waals surface area contributed by atoms with Crippen molar-refractivity contribution in [1.82, 2.24) is 5.32 Å². The molecule has 3 N–H and O–H groups in total. The predicted octanol–water partition coefficient (Wildman–Crippen LogP) is 3.74. The number of nitrogens with one attached hydrogen (secondary N) is 2. The van der Waals surface area contributed by atoms with E-state index >= 15 is 0 Å². The highest BCUT2D eigenvalue weighted by molar-refractivity contribution is 9.10. The molecule has 7 heteroatoms. The highest BCUT2D eigenvalue weighted by Crippen LogP contribution is 2.22. The normalized spacial score (nSPS) is 10.5. The molecule has 5 nitrogen and oxygen atoms in total. The van der Waals surface area contributed by atoms with Gasteiger partial charge in [-0.25, -0.2) is 0 Å². The third-order valence-electron chi connectivity index (χ3n) is 2.76. The lowest BCUT2D eigenvalue weighted by molar-refractivity contribution is -0.117. The van der Waals surface area contributed by atoms with Crippen LogP contribution in [0.15, 0.2) is 51.9 Å². The number of aromatic hydroxyl groups is 1. The molecule has 0 unspecified atom stereocenters. The summed E-state index contributed by atoms with van der Waals surface area (Å²) in [7, 11) is 0. The third kappa shape index (κ3) is 5.46. The number of nitrogens with zero attached hydrogens (tertiary/aromatic N) is 1. The summed E-state index contributed by atoms with van der Waals surface area (Å²) < 4.78 is 0.864. The molecule has 2 aromatic carbocycles. The molecule has 2 aromatic rings. The summed E-state index contributed by atoms with van der Waals surface area (Å²) in [4.78, 5) is 15.2. The van der Waals surface area contributed by atoms with Crippen LogP contribution >= 0.6 is 28.1 Å². The van der Waals surface area contributed by atoms with Crippen LogP contribution in [-0.2, 0) is 4.79 Å². The number of halogens is 1. The summed E-state index contributed by atoms with van der Waals surface area (Å²) in [6.45, 7) is 1.39. The Hall–Kier alpha value is -2.25. The second-order valence-corrected chi connectivity index (χ2v) is 5.97. The third-order valence-corrected chi connectivity index (χ3v) is 3.45. The summed E-state index contributed by atoms with van der Waals surface area (Å²) in [5, 5.41) is 15.4. The molecule has 23 heavy (non-hydrogen) atoms. The van der Waals surface area contributed by atoms with Gasteiger partial charge in [-0.3, -0.25) is 9.79 Å². The lowest BCUT2D eigenvalue weighted by Gasteiger charge is -2.07. The van der Waals surface area contributed by atoms with Gasteiger partial charge in [0, 0.05) is 28.9 Å². The van der Waals surface area contributed by atoms with Crippen LogP contribution in [0.2, 0.25) is 0 Å². The Morgan fingerprint density at radius 3 is 2.61 bits per heavy atom. The number of amides is 1. The maximum atomic E-state index is 10.9. The minimum absolute atomic E-state index is 0.163. The lowest BCUT2D eigenvalue weighted by atomic mass is 10.2. The van der Waals surface area contributed by atoms with Crippen molar-refractivity contribution in [2.75, 3.05) is 5.32 Å². The molecule has 0 aliphatic rings. The van der Waals surface area contributed by atoms with Crippen molar-refractivity contribution in [3.8, 4) is 5.75 Å². The number of rotatable bonds is 3. The SMILES string of the molecule is CC(=O)NC(=S)Nc1ccc(N=Cc2cc(Br)ccc2O)cc1. The van der Waals surface area contributed by atoms with E-state index in [0.717, 1.165) is 15.8 Å². The van der Waals surface area contributed by atoms with Crippen LogP contribution in [0.5, 0.6) is 5.75 Å². The Bertz CT molecular complexity index is 760. The zero-order chi connectivity index (χ0) is 16.8. The van der Waals surface area contributed by atoms with Gasteiger partial charge in [0.05, 0.1) is 5.69 Å². The molecule has 1 amide bonds. The highest BCUT2D eigenvalue weighted by atomic mass is 79.9. The molecular weight excluding hydrogens is 378 g/mol. The maximum absolute atomic E-state index is 10.9. The number of carbonyl (C=O) groups is 1. The number of aliphatic imine (C=N–C) groups is 1. The number of phenolic OH excluding ortho intramolecular Hbond substituents is 1. The molecule has 0 atom stereocenters. The van der Waals surface area contributed by atoms with Crippen molar-refractivity contribution in [1.29, 1.82) is 0 Å². The molecule has 2 rings (SSSR count). The van der Waals surface area contributed by atoms with Gasteiger partial charge in [-0.15, -0.1) is 0 Å². The monoisotopic (exact) mass is 391 g/mol. The molecule has 0 radical (unpaired) electrons. The standard InChI is InChI=1S/C16H14BrN3O2S/c1-10(21)19-16(23)20-14-5-3-13(4-6-14)18-9-11-8-12(17)2-7-15(11)22/h2-9,22H,1H3,(H2,19,20,21,23). The topological polar surface area (TPSA) is 73.7 Å². The zero-order valence-electron chi connectivity index (χ0n) is 12.2. The van der Waals surface area contributed by atoms with Crippen LogP contribution in [0.25, 0.3) is 0 Å². The molecular formula is C16H14BrN3O2S. The summed E-state index contributed by atoms with van der Waals surface area (Å²) >= 11 is 8.33. The van der Waals surface area contributed by atoms with E-state index in [4.69, 9.17) is 12.2 Å². The summed E-state index contributed by atoms with van der Waals surface area (Å²) in [6.07, 6.45) is 1.59. The van der Waals surface area contributed by atoms with E-state index in [1.807, 2.05) is 0 Å². The van der Waals surface area contributed by atoms with Gasteiger partial charge >= 0.3 is 0 Å². The zero-order valence-corrected chi connectivity index (χ0v) is 14.6. The van der Waals surface area contributed by atoms with E-state index in [0.29, 0.717) is 5.56 Å². The molecule has 0 fully saturated rings. The van der Waals surface area contributed by atoms with Crippen LogP contribution in [0.4, 0.5) is 11.4 Å². The van der Waals surface area contributed by atoms with Crippen molar-refractivity contribution in [2.24, 2.45) is 4.99 Å². The van der Waals surface area contributed by atoms with Gasteiger partial charge in [0.15, 0.2) is 5.11 Å². The van der Waals surface area contributed by atoms with E-state index < -0.39 is 0 Å². The number of phenols is 1. The molecule has 0 spiro atoms. The van der Waals surface area contributed by atoms with E-state index in [2.05, 4.69) is 31.6 Å². The van der Waals surface area contributed by atoms with Gasteiger partial charge in [-0.05, 0) is 54.7 Å². The number of benzene rings is 2. The molecule has 0 saturated carbocycles. The molecule has 0 heterocycles. The van der Waals surface area contributed by atoms with Gasteiger partial charge in [0.1, 0.15) is 5.75 Å². The van der Waals surface area contributed by atoms with E-state index in [-0.39, 0.29) is 16.8 Å². The van der Waals surface area contributed by atoms with Crippen LogP contribution in [-0.4, -0.2) is 22.3 Å². The fourth-order valence-electron chi connectivity index (χ4n) is 1.73. The Labute approximate surface area is 147 Å². The average Bonchev–Trinajstić information content (AvgIpc) is 2.49. The Kier molecular flexibility index (Phi) is 5.84. The largest absolute Gasteiger partial charge is 0.507 e. The first-order chi connectivity index (χ1) is 10.9. The number of hydrogen-bond acceptors (Lipinski definition) is 4. The summed E-state index contributed by atoms with van der Waals surface area (Å²) in [6, 6.07) is 12.3. The predicted molar refractivity (Wildman–Crippen MR) is 99.5 cm³/mol. The Morgan fingerprint density at radius 1 is 1.26 bits per heavy atom. The molecule has 0 bridgehead atoms. The van der Waals surface area contributed by atoms with Crippen molar-refractivity contribution in [3.05, 3.63) is 52.5 Å². The van der Waals surface area contributed by atoms with E-state index in [1.54, 1.807) is 48.7 Å². The minimum atomic E-state index is -0.224. The number of carbonyl (C=O) groups excluding carboxylic acids is 1. The van der Waals surface area contributed by atoms with Gasteiger partial charge in [-0.1, -0.05) is 15.9 Å². The van der Waals surface area contributed by atoms with E-state index in [9.17, 15) is 9.90 Å². The molecule has 0 aliphatic heterocycles. The molecule has 0 aromatic heterocycles. The first-order valence-corrected chi connectivity index (χ1v) is 7.85. The molecule has 118 valence electrons. The van der Waals surface area contributed by atoms with Gasteiger partial charge in [0.25, 0.3) is 0 Å². The number of anilines is 1. The van der Waals surface area contributed by atoms with Crippen LogP contribution in [0, 0.1) is 0 Å². The summed E-state index contributed by atoms with van der Waals surface area (Å²) in [5.41, 5.74) is 2.08. The van der Waals surface area contributed by atoms with Crippen LogP contribution in [0.3, 0.4) is 0 Å². The van der Waals surface area contributed by atoms with Crippen molar-refractivity contribution < 1.29 is 9.90 Å². The Morgan fingerprint density at radius 2 is 1.96 bits per heavy atom.